The third-order valence-electron chi connectivity index (χ3n) is 3.23. The molecule has 0 aromatic heterocycles. The quantitative estimate of drug-likeness (QED) is 0.659. The first-order valence-electron chi connectivity index (χ1n) is 6.65. The van der Waals surface area contributed by atoms with Crippen molar-refractivity contribution in [2.75, 3.05) is 6.61 Å². The fourth-order valence-electron chi connectivity index (χ4n) is 2.19. The molecule has 110 valence electrons. The predicted octanol–water partition coefficient (Wildman–Crippen LogP) is 2.35. The number of allylic oxidation sites excluding steroid dienone is 1. The van der Waals surface area contributed by atoms with E-state index in [2.05, 4.69) is 17.2 Å². The molecule has 0 unspecified atom stereocenters. The molecule has 5 heteroatoms. The zero-order chi connectivity index (χ0) is 15.4. The molecule has 21 heavy (non-hydrogen) atoms. The maximum Gasteiger partial charge on any atom is 0.338 e. The zero-order valence-electron chi connectivity index (χ0n) is 12.1. The average molecular weight is 286 g/mol. The molecule has 1 aromatic rings. The molecule has 0 saturated heterocycles. The number of esters is 1. The second kappa shape index (κ2) is 6.26. The van der Waals surface area contributed by atoms with Crippen molar-refractivity contribution >= 4 is 12.0 Å². The minimum atomic E-state index is -0.517. The Kier molecular flexibility index (Phi) is 4.42. The van der Waals surface area contributed by atoms with Crippen LogP contribution in [0.15, 0.2) is 48.2 Å². The van der Waals surface area contributed by atoms with Crippen LogP contribution in [0.5, 0.6) is 0 Å². The number of benzene rings is 1. The maximum atomic E-state index is 12.2. The highest BCUT2D eigenvalue weighted by Crippen LogP contribution is 2.27. The Morgan fingerprint density at radius 1 is 1.33 bits per heavy atom. The van der Waals surface area contributed by atoms with Crippen LogP contribution in [0.1, 0.15) is 24.1 Å². The Morgan fingerprint density at radius 2 is 2.00 bits per heavy atom. The number of hydrogen-bond acceptors (Lipinski definition) is 3. The lowest BCUT2D eigenvalue weighted by Gasteiger charge is -2.28. The molecule has 0 saturated carbocycles. The van der Waals surface area contributed by atoms with Crippen LogP contribution in [0, 0.1) is 6.92 Å². The number of hydrogen-bond donors (Lipinski definition) is 2. The Bertz CT molecular complexity index is 602. The molecule has 2 rings (SSSR count). The van der Waals surface area contributed by atoms with E-state index in [1.807, 2.05) is 31.2 Å². The maximum absolute atomic E-state index is 12.2. The lowest BCUT2D eigenvalue weighted by atomic mass is 9.95. The normalized spacial score (nSPS) is 17.8. The topological polar surface area (TPSA) is 67.4 Å². The van der Waals surface area contributed by atoms with Crippen LogP contribution >= 0.6 is 0 Å². The molecule has 1 aliphatic heterocycles. The smallest absolute Gasteiger partial charge is 0.338 e. The molecule has 2 N–H and O–H groups in total. The highest BCUT2D eigenvalue weighted by Gasteiger charge is 2.31. The van der Waals surface area contributed by atoms with Crippen LogP contribution in [-0.4, -0.2) is 18.6 Å². The molecule has 1 heterocycles. The van der Waals surface area contributed by atoms with E-state index in [4.69, 9.17) is 4.74 Å². The third kappa shape index (κ3) is 3.31. The summed E-state index contributed by atoms with van der Waals surface area (Å²) < 4.78 is 5.11. The van der Waals surface area contributed by atoms with Crippen molar-refractivity contribution in [3.63, 3.8) is 0 Å². The number of carbonyl (C=O) groups is 2. The number of urea groups is 1. The number of carbonyl (C=O) groups excluding carboxylic acids is 2. The predicted molar refractivity (Wildman–Crippen MR) is 79.4 cm³/mol. The van der Waals surface area contributed by atoms with Gasteiger partial charge in [0, 0.05) is 5.70 Å². The summed E-state index contributed by atoms with van der Waals surface area (Å²) in [6.45, 7) is 7.31. The van der Waals surface area contributed by atoms with E-state index in [-0.39, 0.29) is 12.6 Å². The second-order valence-corrected chi connectivity index (χ2v) is 4.87. The van der Waals surface area contributed by atoms with E-state index in [1.165, 1.54) is 6.08 Å². The van der Waals surface area contributed by atoms with Crippen LogP contribution in [0.4, 0.5) is 4.79 Å². The first-order valence-corrected chi connectivity index (χ1v) is 6.65. The van der Waals surface area contributed by atoms with Crippen LogP contribution in [-0.2, 0) is 9.53 Å². The number of amides is 2. The third-order valence-corrected chi connectivity index (χ3v) is 3.23. The van der Waals surface area contributed by atoms with Gasteiger partial charge in [-0.1, -0.05) is 42.5 Å². The van der Waals surface area contributed by atoms with Gasteiger partial charge in [-0.15, -0.1) is 0 Å². The average Bonchev–Trinajstić information content (AvgIpc) is 2.44. The van der Waals surface area contributed by atoms with Gasteiger partial charge in [-0.2, -0.15) is 0 Å². The van der Waals surface area contributed by atoms with Gasteiger partial charge < -0.3 is 15.4 Å². The second-order valence-electron chi connectivity index (χ2n) is 4.87. The van der Waals surface area contributed by atoms with Crippen LogP contribution in [0.2, 0.25) is 0 Å². The van der Waals surface area contributed by atoms with Crippen molar-refractivity contribution < 1.29 is 14.3 Å². The van der Waals surface area contributed by atoms with Crippen molar-refractivity contribution in [3.8, 4) is 0 Å². The summed E-state index contributed by atoms with van der Waals surface area (Å²) in [5.74, 6) is -0.467. The lowest BCUT2D eigenvalue weighted by molar-refractivity contribution is -0.138. The van der Waals surface area contributed by atoms with Crippen LogP contribution in [0.25, 0.3) is 0 Å². The summed E-state index contributed by atoms with van der Waals surface area (Å²) in [6.07, 6.45) is 1.50. The monoisotopic (exact) mass is 286 g/mol. The zero-order valence-corrected chi connectivity index (χ0v) is 12.1. The fraction of sp³-hybridized carbons (Fsp3) is 0.250. The minimum Gasteiger partial charge on any atom is -0.458 e. The fourth-order valence-corrected chi connectivity index (χ4v) is 2.19. The minimum absolute atomic E-state index is 0.129. The SMILES string of the molecule is C=CCOC(=O)C1=C(C)NC(=O)N[C@@H]1c1ccc(C)cc1. The highest BCUT2D eigenvalue weighted by atomic mass is 16.5. The number of rotatable bonds is 4. The van der Waals surface area contributed by atoms with Crippen LogP contribution < -0.4 is 10.6 Å². The van der Waals surface area contributed by atoms with Crippen LogP contribution in [0.3, 0.4) is 0 Å². The molecule has 1 atom stereocenters. The van der Waals surface area contributed by atoms with E-state index in [9.17, 15) is 9.59 Å². The highest BCUT2D eigenvalue weighted by molar-refractivity contribution is 5.95. The number of nitrogens with one attached hydrogen (secondary N) is 2. The number of aryl methyl sites for hydroxylation is 1. The Morgan fingerprint density at radius 3 is 2.62 bits per heavy atom. The summed E-state index contributed by atoms with van der Waals surface area (Å²) in [5, 5.41) is 5.36. The van der Waals surface area contributed by atoms with Gasteiger partial charge in [-0.05, 0) is 19.4 Å². The lowest BCUT2D eigenvalue weighted by Crippen LogP contribution is -2.45. The van der Waals surface area contributed by atoms with Gasteiger partial charge in [0.1, 0.15) is 6.61 Å². The molecule has 1 aliphatic rings. The number of ether oxygens (including phenoxy) is 1. The summed E-state index contributed by atoms with van der Waals surface area (Å²) in [6, 6.07) is 6.80. The van der Waals surface area contributed by atoms with Gasteiger partial charge in [0.05, 0.1) is 11.6 Å². The summed E-state index contributed by atoms with van der Waals surface area (Å²) in [4.78, 5) is 23.9. The Balaban J connectivity index is 2.37. The van der Waals surface area contributed by atoms with E-state index < -0.39 is 12.0 Å². The largest absolute Gasteiger partial charge is 0.458 e. The van der Waals surface area contributed by atoms with Gasteiger partial charge in [0.25, 0.3) is 0 Å². The van der Waals surface area contributed by atoms with Gasteiger partial charge in [-0.25, -0.2) is 9.59 Å². The molecular weight excluding hydrogens is 268 g/mol. The molecule has 1 aromatic carbocycles. The summed E-state index contributed by atoms with van der Waals surface area (Å²) in [7, 11) is 0. The first-order chi connectivity index (χ1) is 10.0. The molecule has 0 fully saturated rings. The van der Waals surface area contributed by atoms with Gasteiger partial charge in [0.2, 0.25) is 0 Å². The Labute approximate surface area is 123 Å². The Hall–Kier alpha value is -2.56. The van der Waals surface area contributed by atoms with Crippen molar-refractivity contribution in [3.05, 3.63) is 59.3 Å². The molecule has 0 aliphatic carbocycles. The molecule has 0 bridgehead atoms. The van der Waals surface area contributed by atoms with Crippen molar-refractivity contribution in [1.29, 1.82) is 0 Å². The molecule has 0 spiro atoms. The van der Waals surface area contributed by atoms with Gasteiger partial charge in [0.15, 0.2) is 0 Å². The van der Waals surface area contributed by atoms with Gasteiger partial charge in [-0.3, -0.25) is 0 Å². The van der Waals surface area contributed by atoms with Gasteiger partial charge >= 0.3 is 12.0 Å². The van der Waals surface area contributed by atoms with E-state index in [0.29, 0.717) is 11.3 Å². The molecule has 0 radical (unpaired) electrons. The van der Waals surface area contributed by atoms with E-state index in [1.54, 1.807) is 6.92 Å². The molecular formula is C16H18N2O3. The van der Waals surface area contributed by atoms with E-state index >= 15 is 0 Å². The molecule has 2 amide bonds. The van der Waals surface area contributed by atoms with E-state index in [0.717, 1.165) is 11.1 Å². The summed E-state index contributed by atoms with van der Waals surface area (Å²) >= 11 is 0. The summed E-state index contributed by atoms with van der Waals surface area (Å²) in [5.41, 5.74) is 2.84. The molecule has 5 nitrogen and oxygen atoms in total. The first kappa shape index (κ1) is 14.8. The standard InChI is InChI=1S/C16H18N2O3/c1-4-9-21-15(19)13-11(3)17-16(20)18-14(13)12-7-5-10(2)6-8-12/h4-8,14H,1,9H2,2-3H3,(H2,17,18,20)/t14-/m1/s1. The van der Waals surface area contributed by atoms with Crippen molar-refractivity contribution in [2.45, 2.75) is 19.9 Å². The van der Waals surface area contributed by atoms with Crippen molar-refractivity contribution in [2.24, 2.45) is 0 Å². The van der Waals surface area contributed by atoms with Crippen molar-refractivity contribution in [1.82, 2.24) is 10.6 Å².